The molecule has 2 aromatic heterocycles. The number of aromatic amines is 1. The van der Waals surface area contributed by atoms with Crippen LogP contribution in [0.3, 0.4) is 0 Å². The van der Waals surface area contributed by atoms with Crippen molar-refractivity contribution in [1.29, 1.82) is 0 Å². The minimum absolute atomic E-state index is 0.137. The lowest BCUT2D eigenvalue weighted by molar-refractivity contribution is 0.408. The summed E-state index contributed by atoms with van der Waals surface area (Å²) in [5, 5.41) is 7.23. The lowest BCUT2D eigenvalue weighted by Crippen LogP contribution is -2.32. The summed E-state index contributed by atoms with van der Waals surface area (Å²) in [5.74, 6) is 0. The molecule has 0 atom stereocenters. The Labute approximate surface area is 112 Å². The molecule has 6 nitrogen and oxygen atoms in total. The van der Waals surface area contributed by atoms with E-state index in [9.17, 15) is 8.42 Å². The third kappa shape index (κ3) is 2.62. The van der Waals surface area contributed by atoms with Crippen LogP contribution in [0.5, 0.6) is 0 Å². The second-order valence-corrected chi connectivity index (χ2v) is 6.21. The summed E-state index contributed by atoms with van der Waals surface area (Å²) < 4.78 is 26.7. The topological polar surface area (TPSA) is 79.0 Å². The van der Waals surface area contributed by atoms with Gasteiger partial charge in [0.2, 0.25) is 0 Å². The van der Waals surface area contributed by atoms with Crippen molar-refractivity contribution >= 4 is 21.1 Å². The minimum atomic E-state index is -3.53. The van der Waals surface area contributed by atoms with Crippen molar-refractivity contribution in [2.75, 3.05) is 13.1 Å². The average Bonchev–Trinajstić information content (AvgIpc) is 2.83. The van der Waals surface area contributed by atoms with Crippen molar-refractivity contribution in [3.8, 4) is 0 Å². The molecule has 0 saturated heterocycles. The van der Waals surface area contributed by atoms with Gasteiger partial charge in [-0.05, 0) is 25.0 Å². The number of nitrogens with one attached hydrogen (secondary N) is 1. The van der Waals surface area contributed by atoms with E-state index in [-0.39, 0.29) is 5.03 Å². The van der Waals surface area contributed by atoms with E-state index in [4.69, 9.17) is 0 Å². The zero-order valence-corrected chi connectivity index (χ0v) is 11.9. The second-order valence-electron chi connectivity index (χ2n) is 4.33. The molecule has 0 spiro atoms. The molecule has 0 bridgehead atoms. The smallest absolute Gasteiger partial charge is 0.260 e. The first-order chi connectivity index (χ1) is 9.11. The molecule has 0 aliphatic heterocycles. The van der Waals surface area contributed by atoms with E-state index in [2.05, 4.69) is 15.2 Å². The molecule has 104 valence electrons. The molecule has 0 amide bonds. The molecule has 0 aliphatic rings. The highest BCUT2D eigenvalue weighted by molar-refractivity contribution is 7.89. The van der Waals surface area contributed by atoms with Gasteiger partial charge in [-0.15, -0.1) is 0 Å². The molecule has 0 radical (unpaired) electrons. The lowest BCUT2D eigenvalue weighted by atomic mass is 10.4. The average molecular weight is 282 g/mol. The second kappa shape index (κ2) is 5.66. The fourth-order valence-electron chi connectivity index (χ4n) is 2.00. The Morgan fingerprint density at radius 1 is 1.26 bits per heavy atom. The van der Waals surface area contributed by atoms with Crippen LogP contribution in [0, 0.1) is 0 Å². The third-order valence-electron chi connectivity index (χ3n) is 2.84. The normalized spacial score (nSPS) is 12.4. The Hall–Kier alpha value is -1.47. The van der Waals surface area contributed by atoms with Crippen molar-refractivity contribution in [3.05, 3.63) is 18.3 Å². The van der Waals surface area contributed by atoms with E-state index in [1.165, 1.54) is 4.31 Å². The lowest BCUT2D eigenvalue weighted by Gasteiger charge is -2.19. The van der Waals surface area contributed by atoms with Gasteiger partial charge in [0.1, 0.15) is 0 Å². The zero-order chi connectivity index (χ0) is 13.9. The zero-order valence-electron chi connectivity index (χ0n) is 11.1. The number of rotatable bonds is 6. The molecule has 0 unspecified atom stereocenters. The molecule has 7 heteroatoms. The summed E-state index contributed by atoms with van der Waals surface area (Å²) in [5.41, 5.74) is 0.425. The maximum atomic E-state index is 12.6. The molecule has 19 heavy (non-hydrogen) atoms. The van der Waals surface area contributed by atoms with E-state index >= 15 is 0 Å². The molecule has 0 saturated carbocycles. The molecule has 0 fully saturated rings. The number of nitrogens with zero attached hydrogens (tertiary/aromatic N) is 3. The summed E-state index contributed by atoms with van der Waals surface area (Å²) in [4.78, 5) is 4.04. The van der Waals surface area contributed by atoms with E-state index in [0.717, 1.165) is 12.8 Å². The highest BCUT2D eigenvalue weighted by Gasteiger charge is 2.27. The molecule has 2 rings (SSSR count). The van der Waals surface area contributed by atoms with Crippen molar-refractivity contribution in [3.63, 3.8) is 0 Å². The molecule has 2 aromatic rings. The Bertz CT molecular complexity index is 645. The number of hydrogen-bond donors (Lipinski definition) is 1. The minimum Gasteiger partial charge on any atom is -0.263 e. The van der Waals surface area contributed by atoms with Crippen LogP contribution >= 0.6 is 0 Å². The van der Waals surface area contributed by atoms with Crippen LogP contribution in [0.1, 0.15) is 26.7 Å². The first kappa shape index (κ1) is 14.0. The summed E-state index contributed by atoms with van der Waals surface area (Å²) in [7, 11) is -3.53. The van der Waals surface area contributed by atoms with E-state index in [1.807, 2.05) is 13.8 Å². The Morgan fingerprint density at radius 2 is 1.95 bits per heavy atom. The maximum Gasteiger partial charge on any atom is 0.260 e. The molecule has 0 aromatic carbocycles. The van der Waals surface area contributed by atoms with Crippen molar-refractivity contribution in [1.82, 2.24) is 19.5 Å². The van der Waals surface area contributed by atoms with E-state index in [1.54, 1.807) is 18.3 Å². The van der Waals surface area contributed by atoms with Crippen LogP contribution in [0.2, 0.25) is 0 Å². The summed E-state index contributed by atoms with van der Waals surface area (Å²) in [6, 6.07) is 3.43. The van der Waals surface area contributed by atoms with Gasteiger partial charge < -0.3 is 0 Å². The van der Waals surface area contributed by atoms with Gasteiger partial charge in [0, 0.05) is 19.3 Å². The van der Waals surface area contributed by atoms with Crippen LogP contribution < -0.4 is 0 Å². The Kier molecular flexibility index (Phi) is 4.16. The van der Waals surface area contributed by atoms with Crippen LogP contribution in [-0.2, 0) is 10.0 Å². The molecular weight excluding hydrogens is 264 g/mol. The molecule has 1 N–H and O–H groups in total. The maximum absolute atomic E-state index is 12.6. The monoisotopic (exact) mass is 282 g/mol. The fourth-order valence-corrected chi connectivity index (χ4v) is 3.71. The first-order valence-corrected chi connectivity index (χ1v) is 7.84. The van der Waals surface area contributed by atoms with Crippen LogP contribution in [-0.4, -0.2) is 41.0 Å². The van der Waals surface area contributed by atoms with Crippen LogP contribution in [0.25, 0.3) is 11.0 Å². The summed E-state index contributed by atoms with van der Waals surface area (Å²) in [6.45, 7) is 4.95. The van der Waals surface area contributed by atoms with Gasteiger partial charge in [0.25, 0.3) is 10.0 Å². The van der Waals surface area contributed by atoms with Gasteiger partial charge in [-0.3, -0.25) is 5.10 Å². The summed E-state index contributed by atoms with van der Waals surface area (Å²) >= 11 is 0. The number of aromatic nitrogens is 3. The third-order valence-corrected chi connectivity index (χ3v) is 4.71. The fraction of sp³-hybridized carbons (Fsp3) is 0.500. The standard InChI is InChI=1S/C12H18N4O2S/c1-3-8-16(9-4-2)19(17,18)12-10-6-5-7-13-11(10)14-15-12/h5-7H,3-4,8-9H2,1-2H3,(H,13,14,15). The number of sulfonamides is 1. The van der Waals surface area contributed by atoms with Crippen molar-refractivity contribution < 1.29 is 8.42 Å². The number of fused-ring (bicyclic) bond motifs is 1. The largest absolute Gasteiger partial charge is 0.263 e. The van der Waals surface area contributed by atoms with Crippen molar-refractivity contribution in [2.24, 2.45) is 0 Å². The van der Waals surface area contributed by atoms with Gasteiger partial charge >= 0.3 is 0 Å². The van der Waals surface area contributed by atoms with Gasteiger partial charge in [0.15, 0.2) is 10.7 Å². The quantitative estimate of drug-likeness (QED) is 0.875. The van der Waals surface area contributed by atoms with E-state index in [0.29, 0.717) is 24.1 Å². The first-order valence-electron chi connectivity index (χ1n) is 6.40. The highest BCUT2D eigenvalue weighted by Crippen LogP contribution is 2.22. The predicted molar refractivity (Wildman–Crippen MR) is 73.2 cm³/mol. The number of H-pyrrole nitrogens is 1. The molecule has 0 aliphatic carbocycles. The predicted octanol–water partition coefficient (Wildman–Crippen LogP) is 1.77. The van der Waals surface area contributed by atoms with Gasteiger partial charge in [-0.25, -0.2) is 13.4 Å². The van der Waals surface area contributed by atoms with E-state index < -0.39 is 10.0 Å². The summed E-state index contributed by atoms with van der Waals surface area (Å²) in [6.07, 6.45) is 3.16. The van der Waals surface area contributed by atoms with Gasteiger partial charge in [-0.1, -0.05) is 13.8 Å². The Morgan fingerprint density at radius 3 is 2.58 bits per heavy atom. The number of pyridine rings is 1. The molecule has 2 heterocycles. The number of hydrogen-bond acceptors (Lipinski definition) is 4. The van der Waals surface area contributed by atoms with Gasteiger partial charge in [0.05, 0.1) is 5.39 Å². The Balaban J connectivity index is 2.48. The van der Waals surface area contributed by atoms with Crippen LogP contribution in [0.15, 0.2) is 23.4 Å². The van der Waals surface area contributed by atoms with Gasteiger partial charge in [-0.2, -0.15) is 9.40 Å². The SMILES string of the molecule is CCCN(CCC)S(=O)(=O)c1[nH]nc2ncccc12. The van der Waals surface area contributed by atoms with Crippen molar-refractivity contribution in [2.45, 2.75) is 31.7 Å². The van der Waals surface area contributed by atoms with Crippen LogP contribution in [0.4, 0.5) is 0 Å². The highest BCUT2D eigenvalue weighted by atomic mass is 32.2. The molecular formula is C12H18N4O2S.